The van der Waals surface area contributed by atoms with Gasteiger partial charge in [0.15, 0.2) is 10.1 Å². The molecule has 0 aliphatic heterocycles. The van der Waals surface area contributed by atoms with Gasteiger partial charge < -0.3 is 4.74 Å². The zero-order valence-corrected chi connectivity index (χ0v) is 10.9. The molecule has 1 atom stereocenters. The molecule has 3 heteroatoms. The third kappa shape index (κ3) is 5.01. The molecule has 1 heterocycles. The quantitative estimate of drug-likeness (QED) is 0.513. The standard InChI is InChI=1S/C11H17BrOS/c1-2-3-4-5-7-10(12)13-11-8-6-9-14-11/h6,8-10H,2-5,7H2,1H3. The molecule has 0 fully saturated rings. The van der Waals surface area contributed by atoms with Crippen molar-refractivity contribution in [1.82, 2.24) is 0 Å². The van der Waals surface area contributed by atoms with Crippen molar-refractivity contribution in [3.63, 3.8) is 0 Å². The molecule has 0 radical (unpaired) electrons. The first-order chi connectivity index (χ1) is 6.83. The lowest BCUT2D eigenvalue weighted by Crippen LogP contribution is -2.06. The number of alkyl halides is 1. The second-order valence-corrected chi connectivity index (χ2v) is 5.24. The Morgan fingerprint density at radius 2 is 2.29 bits per heavy atom. The average molecular weight is 277 g/mol. The average Bonchev–Trinajstić information content (AvgIpc) is 2.65. The van der Waals surface area contributed by atoms with Crippen LogP contribution in [0.2, 0.25) is 0 Å². The predicted octanol–water partition coefficient (Wildman–Crippen LogP) is 4.82. The minimum Gasteiger partial charge on any atom is -0.470 e. The molecule has 0 saturated carbocycles. The second-order valence-electron chi connectivity index (χ2n) is 3.31. The lowest BCUT2D eigenvalue weighted by molar-refractivity contribution is 0.286. The molecular formula is C11H17BrOS. The smallest absolute Gasteiger partial charge is 0.175 e. The molecule has 1 unspecified atom stereocenters. The fourth-order valence-corrected chi connectivity index (χ4v) is 2.52. The monoisotopic (exact) mass is 276 g/mol. The van der Waals surface area contributed by atoms with Gasteiger partial charge in [0.25, 0.3) is 0 Å². The van der Waals surface area contributed by atoms with Crippen LogP contribution in [0.4, 0.5) is 0 Å². The number of thiophene rings is 1. The van der Waals surface area contributed by atoms with Crippen LogP contribution in [0.3, 0.4) is 0 Å². The zero-order valence-electron chi connectivity index (χ0n) is 8.54. The van der Waals surface area contributed by atoms with Crippen molar-refractivity contribution in [2.24, 2.45) is 0 Å². The predicted molar refractivity (Wildman–Crippen MR) is 66.4 cm³/mol. The first kappa shape index (κ1) is 12.1. The van der Waals surface area contributed by atoms with Crippen LogP contribution in [0.5, 0.6) is 5.06 Å². The third-order valence-electron chi connectivity index (χ3n) is 2.02. The molecule has 0 aromatic carbocycles. The molecule has 80 valence electrons. The lowest BCUT2D eigenvalue weighted by atomic mass is 10.2. The molecule has 1 rings (SSSR count). The summed E-state index contributed by atoms with van der Waals surface area (Å²) in [6, 6.07) is 4.02. The summed E-state index contributed by atoms with van der Waals surface area (Å²) in [4.78, 5) is 0. The summed E-state index contributed by atoms with van der Waals surface area (Å²) in [7, 11) is 0. The maximum Gasteiger partial charge on any atom is 0.175 e. The van der Waals surface area contributed by atoms with Gasteiger partial charge in [0.1, 0.15) is 0 Å². The number of halogens is 1. The fraction of sp³-hybridized carbons (Fsp3) is 0.636. The Morgan fingerprint density at radius 1 is 1.43 bits per heavy atom. The number of hydrogen-bond acceptors (Lipinski definition) is 2. The van der Waals surface area contributed by atoms with Gasteiger partial charge in [-0.1, -0.05) is 26.2 Å². The summed E-state index contributed by atoms with van der Waals surface area (Å²) < 4.78 is 5.67. The van der Waals surface area contributed by atoms with E-state index in [0.717, 1.165) is 11.5 Å². The molecule has 1 nitrogen and oxygen atoms in total. The maximum atomic E-state index is 5.67. The van der Waals surface area contributed by atoms with Gasteiger partial charge in [-0.3, -0.25) is 0 Å². The Bertz CT molecular complexity index is 223. The molecule has 14 heavy (non-hydrogen) atoms. The van der Waals surface area contributed by atoms with Crippen LogP contribution >= 0.6 is 27.3 Å². The second kappa shape index (κ2) is 7.30. The summed E-state index contributed by atoms with van der Waals surface area (Å²) in [6.45, 7) is 2.23. The maximum absolute atomic E-state index is 5.67. The summed E-state index contributed by atoms with van der Waals surface area (Å²) in [5.41, 5.74) is 0. The van der Waals surface area contributed by atoms with Crippen LogP contribution in [0, 0.1) is 0 Å². The fourth-order valence-electron chi connectivity index (χ4n) is 1.25. The largest absolute Gasteiger partial charge is 0.470 e. The highest BCUT2D eigenvalue weighted by Crippen LogP contribution is 2.23. The Kier molecular flexibility index (Phi) is 6.28. The first-order valence-electron chi connectivity index (χ1n) is 5.17. The molecule has 0 spiro atoms. The highest BCUT2D eigenvalue weighted by atomic mass is 79.9. The number of rotatable bonds is 7. The van der Waals surface area contributed by atoms with Crippen LogP contribution in [-0.4, -0.2) is 5.01 Å². The van der Waals surface area contributed by atoms with E-state index in [9.17, 15) is 0 Å². The Morgan fingerprint density at radius 3 is 2.93 bits per heavy atom. The molecule has 0 bridgehead atoms. The van der Waals surface area contributed by atoms with Gasteiger partial charge in [0, 0.05) is 0 Å². The van der Waals surface area contributed by atoms with Crippen LogP contribution < -0.4 is 4.74 Å². The topological polar surface area (TPSA) is 9.23 Å². The van der Waals surface area contributed by atoms with Gasteiger partial charge in [-0.2, -0.15) is 0 Å². The third-order valence-corrected chi connectivity index (χ3v) is 3.43. The van der Waals surface area contributed by atoms with E-state index in [1.807, 2.05) is 17.5 Å². The lowest BCUT2D eigenvalue weighted by Gasteiger charge is -2.10. The van der Waals surface area contributed by atoms with Crippen LogP contribution in [-0.2, 0) is 0 Å². The van der Waals surface area contributed by atoms with Gasteiger partial charge in [-0.15, -0.1) is 11.3 Å². The van der Waals surface area contributed by atoms with E-state index >= 15 is 0 Å². The minimum absolute atomic E-state index is 0.179. The van der Waals surface area contributed by atoms with E-state index in [1.165, 1.54) is 25.7 Å². The highest BCUT2D eigenvalue weighted by molar-refractivity contribution is 9.09. The van der Waals surface area contributed by atoms with Crippen molar-refractivity contribution in [3.8, 4) is 5.06 Å². The van der Waals surface area contributed by atoms with Crippen molar-refractivity contribution in [2.75, 3.05) is 0 Å². The number of ether oxygens (including phenoxy) is 1. The normalized spacial score (nSPS) is 12.7. The van der Waals surface area contributed by atoms with Crippen molar-refractivity contribution in [2.45, 2.75) is 44.0 Å². The summed E-state index contributed by atoms with van der Waals surface area (Å²) >= 11 is 5.18. The SMILES string of the molecule is CCCCCCC(Br)Oc1cccs1. The highest BCUT2D eigenvalue weighted by Gasteiger charge is 2.05. The van der Waals surface area contributed by atoms with Gasteiger partial charge in [-0.25, -0.2) is 0 Å². The van der Waals surface area contributed by atoms with Gasteiger partial charge in [0.05, 0.1) is 0 Å². The number of unbranched alkanes of at least 4 members (excludes halogenated alkanes) is 3. The molecule has 1 aromatic heterocycles. The van der Waals surface area contributed by atoms with Crippen molar-refractivity contribution in [3.05, 3.63) is 17.5 Å². The van der Waals surface area contributed by atoms with E-state index in [4.69, 9.17) is 4.74 Å². The molecular weight excluding hydrogens is 260 g/mol. The molecule has 0 N–H and O–H groups in total. The zero-order chi connectivity index (χ0) is 10.2. The van der Waals surface area contributed by atoms with Gasteiger partial charge in [0.2, 0.25) is 0 Å². The van der Waals surface area contributed by atoms with Gasteiger partial charge >= 0.3 is 0 Å². The summed E-state index contributed by atoms with van der Waals surface area (Å²) in [5.74, 6) is 0. The van der Waals surface area contributed by atoms with Crippen molar-refractivity contribution in [1.29, 1.82) is 0 Å². The Hall–Kier alpha value is -0.0200. The molecule has 0 aliphatic carbocycles. The van der Waals surface area contributed by atoms with Crippen molar-refractivity contribution >= 4 is 27.3 Å². The Balaban J connectivity index is 2.07. The summed E-state index contributed by atoms with van der Waals surface area (Å²) in [6.07, 6.45) is 6.27. The van der Waals surface area contributed by atoms with E-state index < -0.39 is 0 Å². The van der Waals surface area contributed by atoms with Crippen LogP contribution in [0.25, 0.3) is 0 Å². The molecule has 0 aliphatic rings. The summed E-state index contributed by atoms with van der Waals surface area (Å²) in [5, 5.41) is 3.21. The van der Waals surface area contributed by atoms with E-state index in [-0.39, 0.29) is 5.01 Å². The van der Waals surface area contributed by atoms with E-state index in [0.29, 0.717) is 0 Å². The molecule has 0 saturated heterocycles. The first-order valence-corrected chi connectivity index (χ1v) is 6.96. The Labute approximate surface area is 98.6 Å². The molecule has 1 aromatic rings. The molecule has 0 amide bonds. The van der Waals surface area contributed by atoms with E-state index in [1.54, 1.807) is 11.3 Å². The number of hydrogen-bond donors (Lipinski definition) is 0. The van der Waals surface area contributed by atoms with E-state index in [2.05, 4.69) is 22.9 Å². The van der Waals surface area contributed by atoms with Gasteiger partial charge in [-0.05, 0) is 46.3 Å². The van der Waals surface area contributed by atoms with Crippen molar-refractivity contribution < 1.29 is 4.74 Å². The minimum atomic E-state index is 0.179. The van der Waals surface area contributed by atoms with Crippen LogP contribution in [0.15, 0.2) is 17.5 Å². The van der Waals surface area contributed by atoms with Crippen LogP contribution in [0.1, 0.15) is 39.0 Å².